The number of hydrogen-bond donors (Lipinski definition) is 2. The number of aliphatic hydroxyl groups excluding tert-OH is 2. The van der Waals surface area contributed by atoms with Crippen molar-refractivity contribution < 1.29 is 54.1 Å². The summed E-state index contributed by atoms with van der Waals surface area (Å²) in [6, 6.07) is 16.4. The van der Waals surface area contributed by atoms with Crippen LogP contribution in [0.5, 0.6) is 0 Å². The van der Waals surface area contributed by atoms with Gasteiger partial charge in [-0.3, -0.25) is 0 Å². The topological polar surface area (TPSA) is 85.5 Å². The zero-order valence-corrected chi connectivity index (χ0v) is 22.3. The number of aromatic nitrogens is 1. The molecule has 0 spiro atoms. The molecule has 3 rings (SSSR count). The maximum atomic E-state index is 13.6. The van der Waals surface area contributed by atoms with Gasteiger partial charge in [0.15, 0.2) is 0 Å². The summed E-state index contributed by atoms with van der Waals surface area (Å²) in [6.45, 7) is 6.28. The molecule has 0 saturated carbocycles. The van der Waals surface area contributed by atoms with E-state index in [4.69, 9.17) is 0 Å². The van der Waals surface area contributed by atoms with Gasteiger partial charge in [-0.05, 0) is 67.5 Å². The minimum absolute atomic E-state index is 0. The Bertz CT molecular complexity index is 1080. The van der Waals surface area contributed by atoms with Crippen molar-refractivity contribution in [3.8, 4) is 16.8 Å². The summed E-state index contributed by atoms with van der Waals surface area (Å²) in [6.07, 6.45) is -1.66. The number of aliphatic hydroxyl groups is 2. The summed E-state index contributed by atoms with van der Waals surface area (Å²) in [5.74, 6) is -1.47. The molecule has 1 heterocycles. The van der Waals surface area contributed by atoms with Gasteiger partial charge < -0.3 is 24.7 Å². The molecule has 0 aliphatic heterocycles. The summed E-state index contributed by atoms with van der Waals surface area (Å²) < 4.78 is 15.9. The van der Waals surface area contributed by atoms with Crippen molar-refractivity contribution in [2.75, 3.05) is 0 Å². The molecule has 0 aliphatic rings. The number of carbonyl (C=O) groups is 1. The number of carboxylic acid groups (broad SMARTS) is 1. The third-order valence-corrected chi connectivity index (χ3v) is 5.92. The van der Waals surface area contributed by atoms with Gasteiger partial charge in [0.2, 0.25) is 0 Å². The van der Waals surface area contributed by atoms with Crippen LogP contribution >= 0.6 is 0 Å². The molecule has 0 amide bonds. The van der Waals surface area contributed by atoms with Gasteiger partial charge in [0, 0.05) is 35.0 Å². The number of para-hydroxylation sites is 1. The van der Waals surface area contributed by atoms with E-state index in [9.17, 15) is 24.5 Å². The average Bonchev–Trinajstić information content (AvgIpc) is 3.05. The average molecular weight is 476 g/mol. The molecule has 2 unspecified atom stereocenters. The molecule has 5 nitrogen and oxygen atoms in total. The van der Waals surface area contributed by atoms with Crippen LogP contribution in [0.4, 0.5) is 4.39 Å². The SMILES string of the molecule is Cc1c(-c2ccc(F)cc2)c(CCC(O)CC(O)CC(=O)[O-])c(C(C)C)n1-c1ccccc1.[Na+]. The Balaban J connectivity index is 0.00000408. The summed E-state index contributed by atoms with van der Waals surface area (Å²) in [5.41, 5.74) is 6.13. The van der Waals surface area contributed by atoms with E-state index >= 15 is 0 Å². The van der Waals surface area contributed by atoms with Crippen LogP contribution in [0.15, 0.2) is 54.6 Å². The third-order valence-electron chi connectivity index (χ3n) is 5.92. The first-order valence-electron chi connectivity index (χ1n) is 11.3. The zero-order valence-electron chi connectivity index (χ0n) is 20.3. The molecule has 7 heteroatoms. The monoisotopic (exact) mass is 475 g/mol. The minimum Gasteiger partial charge on any atom is -0.550 e. The van der Waals surface area contributed by atoms with Crippen LogP contribution in [0.1, 0.15) is 56.0 Å². The summed E-state index contributed by atoms with van der Waals surface area (Å²) >= 11 is 0. The van der Waals surface area contributed by atoms with Crippen LogP contribution < -0.4 is 34.7 Å². The first kappa shape index (κ1) is 28.3. The summed E-state index contributed by atoms with van der Waals surface area (Å²) in [5, 5.41) is 31.1. The molecule has 2 N–H and O–H groups in total. The predicted molar refractivity (Wildman–Crippen MR) is 125 cm³/mol. The standard InChI is InChI=1S/C27H32FNO4.Na/c1-17(2)27-24(14-13-22(30)15-23(31)16-25(32)33)26(19-9-11-20(28)12-10-19)18(3)29(27)21-7-5-4-6-8-21;/h4-12,17,22-23,30-31H,13-16H2,1-3H3,(H,32,33);/q;+1/p-1. The van der Waals surface area contributed by atoms with Gasteiger partial charge in [-0.15, -0.1) is 0 Å². The number of aliphatic carboxylic acids is 1. The maximum absolute atomic E-state index is 13.6. The zero-order chi connectivity index (χ0) is 24.1. The predicted octanol–water partition coefficient (Wildman–Crippen LogP) is 0.904. The van der Waals surface area contributed by atoms with E-state index in [1.54, 1.807) is 12.1 Å². The first-order chi connectivity index (χ1) is 15.7. The molecule has 0 radical (unpaired) electrons. The van der Waals surface area contributed by atoms with Crippen molar-refractivity contribution in [3.63, 3.8) is 0 Å². The van der Waals surface area contributed by atoms with Crippen molar-refractivity contribution in [1.82, 2.24) is 4.57 Å². The van der Waals surface area contributed by atoms with Gasteiger partial charge in [0.25, 0.3) is 0 Å². The van der Waals surface area contributed by atoms with Gasteiger partial charge in [-0.25, -0.2) is 4.39 Å². The van der Waals surface area contributed by atoms with Crippen LogP contribution in [0.25, 0.3) is 16.8 Å². The number of rotatable bonds is 10. The van der Waals surface area contributed by atoms with Gasteiger partial charge in [0.05, 0.1) is 12.2 Å². The van der Waals surface area contributed by atoms with Gasteiger partial charge in [0.1, 0.15) is 5.82 Å². The van der Waals surface area contributed by atoms with Gasteiger partial charge >= 0.3 is 29.6 Å². The van der Waals surface area contributed by atoms with Crippen molar-refractivity contribution in [1.29, 1.82) is 0 Å². The molecule has 0 saturated heterocycles. The van der Waals surface area contributed by atoms with E-state index in [-0.39, 0.29) is 47.7 Å². The fourth-order valence-corrected chi connectivity index (χ4v) is 4.56. The van der Waals surface area contributed by atoms with E-state index in [1.807, 2.05) is 37.3 Å². The molecular formula is C27H31FNNaO4. The van der Waals surface area contributed by atoms with E-state index < -0.39 is 24.6 Å². The normalized spacial score (nSPS) is 12.9. The van der Waals surface area contributed by atoms with Gasteiger partial charge in [-0.2, -0.15) is 0 Å². The Morgan fingerprint density at radius 1 is 1.03 bits per heavy atom. The molecule has 176 valence electrons. The van der Waals surface area contributed by atoms with E-state index in [0.29, 0.717) is 12.8 Å². The van der Waals surface area contributed by atoms with E-state index in [0.717, 1.165) is 33.8 Å². The quantitative estimate of drug-likeness (QED) is 0.427. The van der Waals surface area contributed by atoms with E-state index in [1.165, 1.54) is 12.1 Å². The molecule has 2 atom stereocenters. The molecule has 2 aromatic carbocycles. The maximum Gasteiger partial charge on any atom is 1.00 e. The second kappa shape index (κ2) is 12.7. The van der Waals surface area contributed by atoms with Crippen molar-refractivity contribution >= 4 is 5.97 Å². The summed E-state index contributed by atoms with van der Waals surface area (Å²) in [7, 11) is 0. The van der Waals surface area contributed by atoms with Crippen molar-refractivity contribution in [2.45, 2.75) is 64.6 Å². The number of nitrogens with zero attached hydrogens (tertiary/aromatic N) is 1. The molecule has 34 heavy (non-hydrogen) atoms. The number of halogens is 1. The molecule has 0 bridgehead atoms. The first-order valence-corrected chi connectivity index (χ1v) is 11.3. The molecule has 0 fully saturated rings. The third kappa shape index (κ3) is 6.80. The second-order valence-electron chi connectivity index (χ2n) is 8.81. The molecular weight excluding hydrogens is 444 g/mol. The smallest absolute Gasteiger partial charge is 0.550 e. The fraction of sp³-hybridized carbons (Fsp3) is 0.370. The van der Waals surface area contributed by atoms with Crippen molar-refractivity contribution in [2.24, 2.45) is 0 Å². The largest absolute Gasteiger partial charge is 1.00 e. The number of carboxylic acids is 1. The van der Waals surface area contributed by atoms with Crippen LogP contribution in [-0.2, 0) is 11.2 Å². The number of benzene rings is 2. The number of carbonyl (C=O) groups excluding carboxylic acids is 1. The minimum atomic E-state index is -1.34. The Kier molecular flexibility index (Phi) is 10.5. The van der Waals surface area contributed by atoms with Crippen LogP contribution in [0.3, 0.4) is 0 Å². The Labute approximate surface area is 222 Å². The van der Waals surface area contributed by atoms with Crippen molar-refractivity contribution in [3.05, 3.63) is 77.4 Å². The van der Waals surface area contributed by atoms with Crippen LogP contribution in [0, 0.1) is 12.7 Å². The fourth-order valence-electron chi connectivity index (χ4n) is 4.56. The van der Waals surface area contributed by atoms with Gasteiger partial charge in [-0.1, -0.05) is 44.2 Å². The Morgan fingerprint density at radius 2 is 1.65 bits per heavy atom. The van der Waals surface area contributed by atoms with Crippen LogP contribution in [0.2, 0.25) is 0 Å². The summed E-state index contributed by atoms with van der Waals surface area (Å²) in [4.78, 5) is 10.7. The Morgan fingerprint density at radius 3 is 2.21 bits per heavy atom. The molecule has 3 aromatic rings. The second-order valence-corrected chi connectivity index (χ2v) is 8.81. The molecule has 1 aromatic heterocycles. The van der Waals surface area contributed by atoms with Crippen LogP contribution in [-0.4, -0.2) is 33.0 Å². The molecule has 0 aliphatic carbocycles. The van der Waals surface area contributed by atoms with E-state index in [2.05, 4.69) is 18.4 Å². The number of hydrogen-bond acceptors (Lipinski definition) is 4. The Hall–Kier alpha value is -1.96.